The molecule has 0 aliphatic carbocycles. The van der Waals surface area contributed by atoms with Gasteiger partial charge >= 0.3 is 0 Å². The highest BCUT2D eigenvalue weighted by atomic mass is 32.2. The lowest BCUT2D eigenvalue weighted by molar-refractivity contribution is -0.131. The van der Waals surface area contributed by atoms with Crippen molar-refractivity contribution in [1.29, 1.82) is 0 Å². The maximum absolute atomic E-state index is 13.1. The van der Waals surface area contributed by atoms with Crippen molar-refractivity contribution in [3.8, 4) is 0 Å². The van der Waals surface area contributed by atoms with Gasteiger partial charge in [-0.05, 0) is 59.9 Å². The fraction of sp³-hybridized carbons (Fsp3) is 0.500. The molecule has 2 aliphatic rings. The van der Waals surface area contributed by atoms with Gasteiger partial charge in [0.2, 0.25) is 15.9 Å². The molecule has 4 rings (SSSR count). The molecule has 9 heteroatoms. The second kappa shape index (κ2) is 9.95. The molecule has 7 nitrogen and oxygen atoms in total. The maximum atomic E-state index is 13.1. The van der Waals surface area contributed by atoms with E-state index in [0.717, 1.165) is 12.8 Å². The summed E-state index contributed by atoms with van der Waals surface area (Å²) in [6.45, 7) is 6.65. The quantitative estimate of drug-likeness (QED) is 0.676. The zero-order valence-electron chi connectivity index (χ0n) is 19.1. The number of carbonyl (C=O) groups excluding carboxylic acids is 2. The Kier molecular flexibility index (Phi) is 7.21. The van der Waals surface area contributed by atoms with Gasteiger partial charge < -0.3 is 10.2 Å². The molecule has 1 saturated heterocycles. The van der Waals surface area contributed by atoms with Gasteiger partial charge in [-0.3, -0.25) is 9.59 Å². The van der Waals surface area contributed by atoms with E-state index in [0.29, 0.717) is 38.0 Å². The molecule has 2 atom stereocenters. The van der Waals surface area contributed by atoms with Crippen LogP contribution in [0.25, 0.3) is 0 Å². The van der Waals surface area contributed by atoms with Crippen molar-refractivity contribution in [2.24, 2.45) is 11.8 Å². The van der Waals surface area contributed by atoms with Gasteiger partial charge in [-0.2, -0.15) is 4.31 Å². The Morgan fingerprint density at radius 3 is 2.67 bits per heavy atom. The number of carbonyl (C=O) groups is 2. The van der Waals surface area contributed by atoms with E-state index in [9.17, 15) is 18.0 Å². The SMILES string of the molecule is CC1CC(C)CN(S(=O)(=O)c2cccc(C(=O)NCCC(=O)N3CCc4sccc4C3)c2)C1. The van der Waals surface area contributed by atoms with Gasteiger partial charge in [0.15, 0.2) is 0 Å². The molecule has 3 heterocycles. The number of amides is 2. The van der Waals surface area contributed by atoms with Crippen LogP contribution in [-0.4, -0.2) is 55.6 Å². The molecular weight excluding hydrogens is 458 g/mol. The third-order valence-corrected chi connectivity index (χ3v) is 9.20. The highest BCUT2D eigenvalue weighted by Crippen LogP contribution is 2.27. The number of benzene rings is 1. The molecule has 1 aromatic carbocycles. The minimum absolute atomic E-state index is 0.0109. The molecule has 0 bridgehead atoms. The Balaban J connectivity index is 1.34. The van der Waals surface area contributed by atoms with Gasteiger partial charge in [0.25, 0.3) is 5.91 Å². The summed E-state index contributed by atoms with van der Waals surface area (Å²) in [4.78, 5) is 28.5. The first-order valence-corrected chi connectivity index (χ1v) is 13.8. The Morgan fingerprint density at radius 2 is 1.91 bits per heavy atom. The molecular formula is C24H31N3O4S2. The number of sulfonamides is 1. The number of nitrogens with one attached hydrogen (secondary N) is 1. The summed E-state index contributed by atoms with van der Waals surface area (Å²) >= 11 is 1.73. The summed E-state index contributed by atoms with van der Waals surface area (Å²) in [5, 5.41) is 4.82. The molecule has 33 heavy (non-hydrogen) atoms. The van der Waals surface area contributed by atoms with Gasteiger partial charge in [0, 0.05) is 49.6 Å². The lowest BCUT2D eigenvalue weighted by Crippen LogP contribution is -2.42. The van der Waals surface area contributed by atoms with Crippen LogP contribution in [-0.2, 0) is 27.8 Å². The van der Waals surface area contributed by atoms with Crippen LogP contribution in [0.3, 0.4) is 0 Å². The van der Waals surface area contributed by atoms with Crippen LogP contribution in [0.4, 0.5) is 0 Å². The molecule has 2 unspecified atom stereocenters. The monoisotopic (exact) mass is 489 g/mol. The van der Waals surface area contributed by atoms with Crippen molar-refractivity contribution < 1.29 is 18.0 Å². The van der Waals surface area contributed by atoms with E-state index >= 15 is 0 Å². The Hall–Kier alpha value is -2.23. The molecule has 0 spiro atoms. The summed E-state index contributed by atoms with van der Waals surface area (Å²) in [6.07, 6.45) is 2.10. The van der Waals surface area contributed by atoms with Gasteiger partial charge in [-0.15, -0.1) is 11.3 Å². The standard InChI is InChI=1S/C24H31N3O4S2/c1-17-12-18(2)15-27(14-17)33(30,31)21-5-3-4-19(13-21)24(29)25-9-6-23(28)26-10-7-22-20(16-26)8-11-32-22/h3-5,8,11,13,17-18H,6-7,9-10,12,14-16H2,1-2H3,(H,25,29). The first-order valence-electron chi connectivity index (χ1n) is 11.5. The summed E-state index contributed by atoms with van der Waals surface area (Å²) in [6, 6.07) is 8.22. The number of thiophene rings is 1. The second-order valence-electron chi connectivity index (χ2n) is 9.24. The van der Waals surface area contributed by atoms with E-state index in [1.54, 1.807) is 23.5 Å². The van der Waals surface area contributed by atoms with Gasteiger partial charge in [0.1, 0.15) is 0 Å². The van der Waals surface area contributed by atoms with Crippen LogP contribution in [0, 0.1) is 11.8 Å². The van der Waals surface area contributed by atoms with E-state index in [1.807, 2.05) is 4.90 Å². The molecule has 0 radical (unpaired) electrons. The third kappa shape index (κ3) is 5.47. The average molecular weight is 490 g/mol. The van der Waals surface area contributed by atoms with E-state index in [2.05, 4.69) is 30.6 Å². The van der Waals surface area contributed by atoms with Crippen molar-refractivity contribution in [3.63, 3.8) is 0 Å². The van der Waals surface area contributed by atoms with E-state index in [4.69, 9.17) is 0 Å². The van der Waals surface area contributed by atoms with Crippen molar-refractivity contribution in [3.05, 3.63) is 51.7 Å². The lowest BCUT2D eigenvalue weighted by Gasteiger charge is -2.34. The molecule has 1 N–H and O–H groups in total. The van der Waals surface area contributed by atoms with Gasteiger partial charge in [-0.1, -0.05) is 19.9 Å². The van der Waals surface area contributed by atoms with E-state index in [1.165, 1.54) is 26.9 Å². The smallest absolute Gasteiger partial charge is 0.251 e. The minimum Gasteiger partial charge on any atom is -0.352 e. The molecule has 0 saturated carbocycles. The number of rotatable bonds is 6. The van der Waals surface area contributed by atoms with Crippen LogP contribution in [0.1, 0.15) is 47.5 Å². The molecule has 2 aromatic rings. The van der Waals surface area contributed by atoms with Gasteiger partial charge in [-0.25, -0.2) is 8.42 Å². The Morgan fingerprint density at radius 1 is 1.15 bits per heavy atom. The van der Waals surface area contributed by atoms with Crippen molar-refractivity contribution in [2.45, 2.75) is 44.6 Å². The van der Waals surface area contributed by atoms with Crippen molar-refractivity contribution >= 4 is 33.2 Å². The zero-order chi connectivity index (χ0) is 23.6. The molecule has 1 fully saturated rings. The topological polar surface area (TPSA) is 86.8 Å². The van der Waals surface area contributed by atoms with Crippen LogP contribution in [0.5, 0.6) is 0 Å². The number of nitrogens with zero attached hydrogens (tertiary/aromatic N) is 2. The Labute approximate surface area is 199 Å². The van der Waals surface area contributed by atoms with E-state index in [-0.39, 0.29) is 35.2 Å². The minimum atomic E-state index is -3.66. The number of fused-ring (bicyclic) bond motifs is 1. The van der Waals surface area contributed by atoms with Crippen LogP contribution in [0.2, 0.25) is 0 Å². The third-order valence-electron chi connectivity index (χ3n) is 6.35. The molecule has 1 aromatic heterocycles. The van der Waals surface area contributed by atoms with Crippen LogP contribution < -0.4 is 5.32 Å². The summed E-state index contributed by atoms with van der Waals surface area (Å²) in [7, 11) is -3.66. The average Bonchev–Trinajstić information content (AvgIpc) is 3.26. The number of hydrogen-bond acceptors (Lipinski definition) is 5. The predicted octanol–water partition coefficient (Wildman–Crippen LogP) is 3.12. The first-order chi connectivity index (χ1) is 15.7. The predicted molar refractivity (Wildman–Crippen MR) is 129 cm³/mol. The molecule has 2 amide bonds. The largest absolute Gasteiger partial charge is 0.352 e. The summed E-state index contributed by atoms with van der Waals surface area (Å²) in [5.41, 5.74) is 1.49. The maximum Gasteiger partial charge on any atom is 0.251 e. The molecule has 178 valence electrons. The lowest BCUT2D eigenvalue weighted by atomic mass is 9.94. The number of hydrogen-bond donors (Lipinski definition) is 1. The zero-order valence-corrected chi connectivity index (χ0v) is 20.8. The fourth-order valence-corrected chi connectivity index (χ4v) is 7.37. The normalized spacial score (nSPS) is 21.5. The second-order valence-corrected chi connectivity index (χ2v) is 12.2. The molecule has 2 aliphatic heterocycles. The summed E-state index contributed by atoms with van der Waals surface area (Å²) in [5.74, 6) is 0.244. The van der Waals surface area contributed by atoms with Crippen LogP contribution in [0.15, 0.2) is 40.6 Å². The summed E-state index contributed by atoms with van der Waals surface area (Å²) < 4.78 is 27.8. The highest BCUT2D eigenvalue weighted by Gasteiger charge is 2.32. The van der Waals surface area contributed by atoms with Crippen molar-refractivity contribution in [2.75, 3.05) is 26.2 Å². The van der Waals surface area contributed by atoms with E-state index < -0.39 is 10.0 Å². The first kappa shape index (κ1) is 23.9. The Bertz CT molecular complexity index is 1120. The number of piperidine rings is 1. The van der Waals surface area contributed by atoms with Crippen molar-refractivity contribution in [1.82, 2.24) is 14.5 Å². The van der Waals surface area contributed by atoms with Gasteiger partial charge in [0.05, 0.1) is 4.90 Å². The highest BCUT2D eigenvalue weighted by molar-refractivity contribution is 7.89. The van der Waals surface area contributed by atoms with Crippen LogP contribution >= 0.6 is 11.3 Å². The fourth-order valence-electron chi connectivity index (χ4n) is 4.75.